The Hall–Kier alpha value is -1.17. The molecular weight excluding hydrogens is 259 g/mol. The second-order valence-electron chi connectivity index (χ2n) is 4.98. The number of ether oxygens (including phenoxy) is 2. The third-order valence-corrected chi connectivity index (χ3v) is 3.48. The molecule has 0 aromatic heterocycles. The van der Waals surface area contributed by atoms with Crippen molar-refractivity contribution < 1.29 is 13.9 Å². The van der Waals surface area contributed by atoms with Crippen LogP contribution >= 0.6 is 0 Å². The average Bonchev–Trinajstić information content (AvgIpc) is 2.47. The number of benzene rings is 1. The van der Waals surface area contributed by atoms with Gasteiger partial charge in [-0.1, -0.05) is 6.92 Å². The maximum Gasteiger partial charge on any atom is 0.124 e. The number of nitrogens with zero attached hydrogens (tertiary/aromatic N) is 1. The van der Waals surface area contributed by atoms with Crippen LogP contribution in [-0.4, -0.2) is 50.9 Å². The highest BCUT2D eigenvalue weighted by molar-refractivity contribution is 5.33. The second kappa shape index (κ2) is 7.57. The summed E-state index contributed by atoms with van der Waals surface area (Å²) in [7, 11) is 1.83. The SMILES string of the molecule is CCN1CCOC(COc2ccc(F)cc2CNC)C1. The van der Waals surface area contributed by atoms with Gasteiger partial charge < -0.3 is 14.8 Å². The number of halogens is 1. The fourth-order valence-corrected chi connectivity index (χ4v) is 2.37. The lowest BCUT2D eigenvalue weighted by molar-refractivity contribution is -0.0465. The molecule has 0 radical (unpaired) electrons. The maximum absolute atomic E-state index is 13.2. The Balaban J connectivity index is 1.93. The van der Waals surface area contributed by atoms with E-state index in [4.69, 9.17) is 9.47 Å². The van der Waals surface area contributed by atoms with E-state index < -0.39 is 0 Å². The average molecular weight is 282 g/mol. The van der Waals surface area contributed by atoms with Crippen molar-refractivity contribution in [1.82, 2.24) is 10.2 Å². The van der Waals surface area contributed by atoms with Gasteiger partial charge in [-0.15, -0.1) is 0 Å². The topological polar surface area (TPSA) is 33.7 Å². The molecule has 2 rings (SSSR count). The Morgan fingerprint density at radius 3 is 3.10 bits per heavy atom. The molecule has 1 aromatic rings. The Labute approximate surface area is 119 Å². The molecule has 1 unspecified atom stereocenters. The van der Waals surface area contributed by atoms with Crippen molar-refractivity contribution in [2.24, 2.45) is 0 Å². The fraction of sp³-hybridized carbons (Fsp3) is 0.600. The van der Waals surface area contributed by atoms with Crippen molar-refractivity contribution in [2.75, 3.05) is 39.9 Å². The van der Waals surface area contributed by atoms with Crippen LogP contribution in [-0.2, 0) is 11.3 Å². The Kier molecular flexibility index (Phi) is 5.76. The molecule has 1 heterocycles. The minimum atomic E-state index is -0.242. The molecule has 5 heteroatoms. The lowest BCUT2D eigenvalue weighted by Crippen LogP contribution is -2.44. The number of hydrogen-bond acceptors (Lipinski definition) is 4. The molecule has 1 aromatic carbocycles. The Bertz CT molecular complexity index is 428. The Morgan fingerprint density at radius 2 is 2.35 bits per heavy atom. The quantitative estimate of drug-likeness (QED) is 0.860. The molecule has 0 aliphatic carbocycles. The van der Waals surface area contributed by atoms with Gasteiger partial charge in [-0.2, -0.15) is 0 Å². The summed E-state index contributed by atoms with van der Waals surface area (Å²) in [5.74, 6) is 0.478. The molecule has 1 fully saturated rings. The summed E-state index contributed by atoms with van der Waals surface area (Å²) in [6, 6.07) is 4.61. The van der Waals surface area contributed by atoms with Crippen LogP contribution in [0, 0.1) is 5.82 Å². The fourth-order valence-electron chi connectivity index (χ4n) is 2.37. The molecule has 20 heavy (non-hydrogen) atoms. The standard InChI is InChI=1S/C15H23FN2O2/c1-3-18-6-7-19-14(10-18)11-20-15-5-4-13(16)8-12(15)9-17-2/h4-5,8,14,17H,3,6-7,9-11H2,1-2H3. The van der Waals surface area contributed by atoms with Gasteiger partial charge in [0.15, 0.2) is 0 Å². The lowest BCUT2D eigenvalue weighted by Gasteiger charge is -2.32. The summed E-state index contributed by atoms with van der Waals surface area (Å²) in [6.45, 7) is 6.87. The normalized spacial score (nSPS) is 20.1. The van der Waals surface area contributed by atoms with E-state index in [-0.39, 0.29) is 11.9 Å². The minimum absolute atomic E-state index is 0.0798. The van der Waals surface area contributed by atoms with E-state index in [2.05, 4.69) is 17.1 Å². The summed E-state index contributed by atoms with van der Waals surface area (Å²) >= 11 is 0. The Morgan fingerprint density at radius 1 is 1.50 bits per heavy atom. The zero-order valence-corrected chi connectivity index (χ0v) is 12.2. The first-order valence-electron chi connectivity index (χ1n) is 7.12. The number of likely N-dealkylation sites (N-methyl/N-ethyl adjacent to an activating group) is 1. The predicted molar refractivity (Wildman–Crippen MR) is 76.5 cm³/mol. The van der Waals surface area contributed by atoms with Crippen molar-refractivity contribution in [3.05, 3.63) is 29.6 Å². The smallest absolute Gasteiger partial charge is 0.124 e. The summed E-state index contributed by atoms with van der Waals surface area (Å²) < 4.78 is 24.8. The van der Waals surface area contributed by atoms with E-state index >= 15 is 0 Å². The van der Waals surface area contributed by atoms with Crippen LogP contribution < -0.4 is 10.1 Å². The molecule has 0 bridgehead atoms. The van der Waals surface area contributed by atoms with Crippen LogP contribution in [0.2, 0.25) is 0 Å². The van der Waals surface area contributed by atoms with E-state index in [9.17, 15) is 4.39 Å². The lowest BCUT2D eigenvalue weighted by atomic mass is 10.2. The van der Waals surface area contributed by atoms with Gasteiger partial charge in [0.2, 0.25) is 0 Å². The molecule has 1 N–H and O–H groups in total. The van der Waals surface area contributed by atoms with Gasteiger partial charge in [-0.05, 0) is 31.8 Å². The highest BCUT2D eigenvalue weighted by atomic mass is 19.1. The molecule has 1 saturated heterocycles. The van der Waals surface area contributed by atoms with Crippen LogP contribution in [0.1, 0.15) is 12.5 Å². The highest BCUT2D eigenvalue weighted by Gasteiger charge is 2.20. The summed E-state index contributed by atoms with van der Waals surface area (Å²) in [5, 5.41) is 3.02. The van der Waals surface area contributed by atoms with Gasteiger partial charge in [0.25, 0.3) is 0 Å². The number of morpholine rings is 1. The van der Waals surface area contributed by atoms with E-state index in [1.807, 2.05) is 7.05 Å². The largest absolute Gasteiger partial charge is 0.490 e. The molecule has 0 spiro atoms. The first-order chi connectivity index (χ1) is 9.72. The van der Waals surface area contributed by atoms with Gasteiger partial charge in [-0.3, -0.25) is 4.90 Å². The van der Waals surface area contributed by atoms with Crippen molar-refractivity contribution >= 4 is 0 Å². The van der Waals surface area contributed by atoms with Crippen molar-refractivity contribution in [3.8, 4) is 5.75 Å². The monoisotopic (exact) mass is 282 g/mol. The first kappa shape index (κ1) is 15.2. The highest BCUT2D eigenvalue weighted by Crippen LogP contribution is 2.20. The van der Waals surface area contributed by atoms with E-state index in [0.717, 1.165) is 37.6 Å². The third kappa shape index (κ3) is 4.16. The van der Waals surface area contributed by atoms with E-state index in [1.165, 1.54) is 12.1 Å². The van der Waals surface area contributed by atoms with Crippen molar-refractivity contribution in [3.63, 3.8) is 0 Å². The van der Waals surface area contributed by atoms with Crippen molar-refractivity contribution in [2.45, 2.75) is 19.6 Å². The van der Waals surface area contributed by atoms with Gasteiger partial charge in [0.05, 0.1) is 6.61 Å². The molecule has 4 nitrogen and oxygen atoms in total. The van der Waals surface area contributed by atoms with Gasteiger partial charge >= 0.3 is 0 Å². The summed E-state index contributed by atoms with van der Waals surface area (Å²) in [6.07, 6.45) is 0.0798. The third-order valence-electron chi connectivity index (χ3n) is 3.48. The predicted octanol–water partition coefficient (Wildman–Crippen LogP) is 1.64. The summed E-state index contributed by atoms with van der Waals surface area (Å²) in [5.41, 5.74) is 0.829. The molecule has 1 aliphatic heterocycles. The molecule has 0 amide bonds. The summed E-state index contributed by atoms with van der Waals surface area (Å²) in [4.78, 5) is 2.34. The number of rotatable bonds is 6. The molecule has 0 saturated carbocycles. The van der Waals surface area contributed by atoms with Gasteiger partial charge in [0.1, 0.15) is 24.3 Å². The van der Waals surface area contributed by atoms with E-state index in [1.54, 1.807) is 6.07 Å². The second-order valence-corrected chi connectivity index (χ2v) is 4.98. The number of hydrogen-bond donors (Lipinski definition) is 1. The first-order valence-corrected chi connectivity index (χ1v) is 7.12. The maximum atomic E-state index is 13.2. The van der Waals surface area contributed by atoms with Crippen LogP contribution in [0.25, 0.3) is 0 Å². The van der Waals surface area contributed by atoms with Crippen LogP contribution in [0.3, 0.4) is 0 Å². The van der Waals surface area contributed by atoms with Crippen LogP contribution in [0.5, 0.6) is 5.75 Å². The number of nitrogens with one attached hydrogen (secondary N) is 1. The van der Waals surface area contributed by atoms with Crippen LogP contribution in [0.4, 0.5) is 4.39 Å². The zero-order valence-electron chi connectivity index (χ0n) is 12.2. The minimum Gasteiger partial charge on any atom is -0.490 e. The van der Waals surface area contributed by atoms with Crippen LogP contribution in [0.15, 0.2) is 18.2 Å². The molecule has 112 valence electrons. The molecule has 1 aliphatic rings. The van der Waals surface area contributed by atoms with E-state index in [0.29, 0.717) is 13.2 Å². The van der Waals surface area contributed by atoms with Crippen molar-refractivity contribution in [1.29, 1.82) is 0 Å². The van der Waals surface area contributed by atoms with Gasteiger partial charge in [0, 0.05) is 25.2 Å². The molecule has 1 atom stereocenters. The zero-order chi connectivity index (χ0) is 14.4. The van der Waals surface area contributed by atoms with Gasteiger partial charge in [-0.25, -0.2) is 4.39 Å². The molecular formula is C15H23FN2O2.